The van der Waals surface area contributed by atoms with Crippen molar-refractivity contribution in [2.75, 3.05) is 0 Å². The first-order valence-electron chi connectivity index (χ1n) is 6.13. The molecule has 1 atom stereocenters. The number of para-hydroxylation sites is 1. The van der Waals surface area contributed by atoms with E-state index in [9.17, 15) is 0 Å². The first-order chi connectivity index (χ1) is 8.24. The number of hydrogen-bond donors (Lipinski definition) is 1. The summed E-state index contributed by atoms with van der Waals surface area (Å²) in [6.07, 6.45) is 5.16. The van der Waals surface area contributed by atoms with Crippen molar-refractivity contribution in [3.8, 4) is 5.69 Å². The van der Waals surface area contributed by atoms with E-state index in [2.05, 4.69) is 42.5 Å². The van der Waals surface area contributed by atoms with Gasteiger partial charge in [0.1, 0.15) is 0 Å². The van der Waals surface area contributed by atoms with Gasteiger partial charge in [-0.15, -0.1) is 0 Å². The molecule has 3 nitrogen and oxygen atoms in total. The van der Waals surface area contributed by atoms with E-state index in [-0.39, 0.29) is 0 Å². The summed E-state index contributed by atoms with van der Waals surface area (Å²) in [5, 5.41) is 4.68. The number of aryl methyl sites for hydroxylation is 2. The highest BCUT2D eigenvalue weighted by molar-refractivity contribution is 5.40. The van der Waals surface area contributed by atoms with E-state index in [1.165, 1.54) is 16.8 Å². The molecule has 0 saturated carbocycles. The van der Waals surface area contributed by atoms with Crippen LogP contribution in [0.15, 0.2) is 30.5 Å². The van der Waals surface area contributed by atoms with Gasteiger partial charge >= 0.3 is 0 Å². The fourth-order valence-electron chi connectivity index (χ4n) is 2.48. The van der Waals surface area contributed by atoms with Crippen LogP contribution in [-0.2, 0) is 12.8 Å². The van der Waals surface area contributed by atoms with Crippen molar-refractivity contribution in [2.24, 2.45) is 5.73 Å². The molecule has 0 saturated heterocycles. The third-order valence-electron chi connectivity index (χ3n) is 3.47. The maximum atomic E-state index is 5.99. The van der Waals surface area contributed by atoms with Crippen molar-refractivity contribution in [3.05, 3.63) is 47.3 Å². The van der Waals surface area contributed by atoms with Crippen molar-refractivity contribution in [2.45, 2.75) is 32.2 Å². The number of benzene rings is 1. The molecule has 17 heavy (non-hydrogen) atoms. The van der Waals surface area contributed by atoms with Gasteiger partial charge in [-0.3, -0.25) is 0 Å². The van der Waals surface area contributed by atoms with Gasteiger partial charge in [-0.1, -0.05) is 18.2 Å². The Morgan fingerprint density at radius 1 is 1.35 bits per heavy atom. The SMILES string of the molecule is Cc1ccccc1-n1cc2c(n1)CCC(N)C2. The fourth-order valence-corrected chi connectivity index (χ4v) is 2.48. The molecule has 0 fully saturated rings. The number of fused-ring (bicyclic) bond motifs is 1. The summed E-state index contributed by atoms with van der Waals surface area (Å²) in [5.41, 5.74) is 10.9. The molecule has 2 N–H and O–H groups in total. The first kappa shape index (κ1) is 10.5. The van der Waals surface area contributed by atoms with E-state index < -0.39 is 0 Å². The molecule has 0 spiro atoms. The Balaban J connectivity index is 2.03. The van der Waals surface area contributed by atoms with Crippen LogP contribution in [0, 0.1) is 6.92 Å². The molecule has 1 unspecified atom stereocenters. The standard InChI is InChI=1S/C14H17N3/c1-10-4-2-3-5-14(10)17-9-11-8-12(15)6-7-13(11)16-17/h2-5,9,12H,6-8,15H2,1H3. The molecule has 88 valence electrons. The molecule has 2 aromatic rings. The van der Waals surface area contributed by atoms with Gasteiger partial charge in [0.05, 0.1) is 11.4 Å². The Labute approximate surface area is 101 Å². The van der Waals surface area contributed by atoms with Gasteiger partial charge in [-0.25, -0.2) is 4.68 Å². The fraction of sp³-hybridized carbons (Fsp3) is 0.357. The number of hydrogen-bond acceptors (Lipinski definition) is 2. The van der Waals surface area contributed by atoms with Crippen molar-refractivity contribution in [1.29, 1.82) is 0 Å². The van der Waals surface area contributed by atoms with Gasteiger partial charge in [-0.2, -0.15) is 5.10 Å². The molecule has 1 aromatic carbocycles. The molecule has 3 heteroatoms. The molecule has 0 amide bonds. The van der Waals surface area contributed by atoms with E-state index in [0.717, 1.165) is 24.9 Å². The highest BCUT2D eigenvalue weighted by atomic mass is 15.3. The second-order valence-electron chi connectivity index (χ2n) is 4.83. The van der Waals surface area contributed by atoms with Crippen molar-refractivity contribution in [3.63, 3.8) is 0 Å². The Bertz CT molecular complexity index is 542. The van der Waals surface area contributed by atoms with Crippen molar-refractivity contribution >= 4 is 0 Å². The highest BCUT2D eigenvalue weighted by Crippen LogP contribution is 2.22. The predicted octanol–water partition coefficient (Wildman–Crippen LogP) is 2.00. The minimum absolute atomic E-state index is 0.303. The van der Waals surface area contributed by atoms with E-state index in [4.69, 9.17) is 5.73 Å². The van der Waals surface area contributed by atoms with Crippen LogP contribution < -0.4 is 5.73 Å². The maximum Gasteiger partial charge on any atom is 0.0674 e. The van der Waals surface area contributed by atoms with Crippen LogP contribution in [0.25, 0.3) is 5.69 Å². The molecule has 0 bridgehead atoms. The van der Waals surface area contributed by atoms with E-state index in [1.807, 2.05) is 4.68 Å². The van der Waals surface area contributed by atoms with Crippen LogP contribution in [0.1, 0.15) is 23.2 Å². The average Bonchev–Trinajstić information content (AvgIpc) is 2.72. The molecule has 1 aliphatic rings. The molecule has 1 aromatic heterocycles. The molecule has 0 aliphatic heterocycles. The van der Waals surface area contributed by atoms with Gasteiger partial charge in [0.25, 0.3) is 0 Å². The number of nitrogens with two attached hydrogens (primary N) is 1. The monoisotopic (exact) mass is 227 g/mol. The zero-order valence-corrected chi connectivity index (χ0v) is 10.1. The minimum atomic E-state index is 0.303. The molecule has 0 radical (unpaired) electrons. The summed E-state index contributed by atoms with van der Waals surface area (Å²) in [6.45, 7) is 2.11. The maximum absolute atomic E-state index is 5.99. The third kappa shape index (κ3) is 1.87. The summed E-state index contributed by atoms with van der Waals surface area (Å²) < 4.78 is 2.00. The number of aromatic nitrogens is 2. The van der Waals surface area contributed by atoms with Crippen molar-refractivity contribution < 1.29 is 0 Å². The van der Waals surface area contributed by atoms with Crippen LogP contribution >= 0.6 is 0 Å². The van der Waals surface area contributed by atoms with E-state index >= 15 is 0 Å². The van der Waals surface area contributed by atoms with Gasteiger partial charge in [0, 0.05) is 12.2 Å². The molecule has 1 heterocycles. The van der Waals surface area contributed by atoms with Crippen molar-refractivity contribution in [1.82, 2.24) is 9.78 Å². The number of nitrogens with zero attached hydrogens (tertiary/aromatic N) is 2. The summed E-state index contributed by atoms with van der Waals surface area (Å²) in [5.74, 6) is 0. The number of rotatable bonds is 1. The Kier molecular flexibility index (Phi) is 2.48. The zero-order chi connectivity index (χ0) is 11.8. The lowest BCUT2D eigenvalue weighted by atomic mass is 9.94. The van der Waals surface area contributed by atoms with Crippen LogP contribution in [0.2, 0.25) is 0 Å². The quantitative estimate of drug-likeness (QED) is 0.809. The summed E-state index contributed by atoms with van der Waals surface area (Å²) >= 11 is 0. The van der Waals surface area contributed by atoms with Gasteiger partial charge in [-0.05, 0) is 43.4 Å². The first-order valence-corrected chi connectivity index (χ1v) is 6.13. The normalized spacial score (nSPS) is 19.1. The minimum Gasteiger partial charge on any atom is -0.327 e. The second-order valence-corrected chi connectivity index (χ2v) is 4.83. The summed E-state index contributed by atoms with van der Waals surface area (Å²) in [4.78, 5) is 0. The van der Waals surface area contributed by atoms with Crippen LogP contribution in [-0.4, -0.2) is 15.8 Å². The molecule has 1 aliphatic carbocycles. The second kappa shape index (κ2) is 4.00. The Morgan fingerprint density at radius 2 is 2.18 bits per heavy atom. The molecular formula is C14H17N3. The predicted molar refractivity (Wildman–Crippen MR) is 68.3 cm³/mol. The lowest BCUT2D eigenvalue weighted by Crippen LogP contribution is -2.27. The Morgan fingerprint density at radius 3 is 3.00 bits per heavy atom. The summed E-state index contributed by atoms with van der Waals surface area (Å²) in [6, 6.07) is 8.62. The zero-order valence-electron chi connectivity index (χ0n) is 10.1. The lowest BCUT2D eigenvalue weighted by molar-refractivity contribution is 0.570. The molecular weight excluding hydrogens is 210 g/mol. The molecule has 3 rings (SSSR count). The smallest absolute Gasteiger partial charge is 0.0674 e. The summed E-state index contributed by atoms with van der Waals surface area (Å²) in [7, 11) is 0. The third-order valence-corrected chi connectivity index (χ3v) is 3.47. The Hall–Kier alpha value is -1.61. The van der Waals surface area contributed by atoms with E-state index in [1.54, 1.807) is 0 Å². The van der Waals surface area contributed by atoms with E-state index in [0.29, 0.717) is 6.04 Å². The van der Waals surface area contributed by atoms with Gasteiger partial charge < -0.3 is 5.73 Å². The van der Waals surface area contributed by atoms with Crippen LogP contribution in [0.3, 0.4) is 0 Å². The largest absolute Gasteiger partial charge is 0.327 e. The average molecular weight is 227 g/mol. The topological polar surface area (TPSA) is 43.8 Å². The van der Waals surface area contributed by atoms with Gasteiger partial charge in [0.2, 0.25) is 0 Å². The van der Waals surface area contributed by atoms with Gasteiger partial charge in [0.15, 0.2) is 0 Å². The highest BCUT2D eigenvalue weighted by Gasteiger charge is 2.19. The van der Waals surface area contributed by atoms with Crippen LogP contribution in [0.4, 0.5) is 0 Å². The lowest BCUT2D eigenvalue weighted by Gasteiger charge is -2.15. The van der Waals surface area contributed by atoms with Crippen LogP contribution in [0.5, 0.6) is 0 Å².